The molecule has 0 spiro atoms. The van der Waals surface area contributed by atoms with Gasteiger partial charge in [0.25, 0.3) is 5.91 Å². The molecule has 2 aromatic rings. The summed E-state index contributed by atoms with van der Waals surface area (Å²) in [6.07, 6.45) is 3.33. The van der Waals surface area contributed by atoms with Crippen LogP contribution in [0.2, 0.25) is 0 Å². The maximum atomic E-state index is 12.4. The highest BCUT2D eigenvalue weighted by Crippen LogP contribution is 2.18. The molecule has 1 fully saturated rings. The van der Waals surface area contributed by atoms with Gasteiger partial charge in [-0.1, -0.05) is 0 Å². The van der Waals surface area contributed by atoms with E-state index in [1.54, 1.807) is 36.3 Å². The Morgan fingerprint density at radius 3 is 2.25 bits per heavy atom. The number of aromatic nitrogens is 2. The van der Waals surface area contributed by atoms with E-state index in [1.807, 2.05) is 17.0 Å². The van der Waals surface area contributed by atoms with Crippen LogP contribution in [0.3, 0.4) is 0 Å². The van der Waals surface area contributed by atoms with Gasteiger partial charge in [-0.05, 0) is 24.3 Å². The van der Waals surface area contributed by atoms with E-state index in [-0.39, 0.29) is 11.9 Å². The maximum Gasteiger partial charge on any atom is 0.337 e. The van der Waals surface area contributed by atoms with E-state index in [4.69, 9.17) is 4.74 Å². The molecule has 24 heavy (non-hydrogen) atoms. The molecule has 126 valence electrons. The summed E-state index contributed by atoms with van der Waals surface area (Å²) in [5, 5.41) is 4.05. The van der Waals surface area contributed by atoms with Crippen LogP contribution in [-0.4, -0.2) is 59.8 Å². The number of nitrogens with zero attached hydrogens (tertiary/aromatic N) is 4. The van der Waals surface area contributed by atoms with Crippen molar-refractivity contribution in [1.29, 1.82) is 0 Å². The first-order chi connectivity index (χ1) is 11.6. The fourth-order valence-corrected chi connectivity index (χ4v) is 2.81. The highest BCUT2D eigenvalue weighted by Gasteiger charge is 2.23. The van der Waals surface area contributed by atoms with Gasteiger partial charge in [0, 0.05) is 45.1 Å². The molecule has 0 bridgehead atoms. The molecule has 7 nitrogen and oxygen atoms in total. The zero-order valence-electron chi connectivity index (χ0n) is 13.8. The van der Waals surface area contributed by atoms with Gasteiger partial charge in [0.05, 0.1) is 24.4 Å². The molecule has 1 amide bonds. The number of rotatable bonds is 3. The zero-order chi connectivity index (χ0) is 17.1. The Labute approximate surface area is 140 Å². The van der Waals surface area contributed by atoms with E-state index >= 15 is 0 Å². The Balaban J connectivity index is 1.60. The summed E-state index contributed by atoms with van der Waals surface area (Å²) in [6.45, 7) is 2.83. The van der Waals surface area contributed by atoms with E-state index < -0.39 is 0 Å². The van der Waals surface area contributed by atoms with Crippen molar-refractivity contribution in [1.82, 2.24) is 14.7 Å². The molecule has 0 N–H and O–H groups in total. The monoisotopic (exact) mass is 328 g/mol. The van der Waals surface area contributed by atoms with Gasteiger partial charge in [0.2, 0.25) is 0 Å². The van der Waals surface area contributed by atoms with E-state index in [0.29, 0.717) is 24.2 Å². The first kappa shape index (κ1) is 16.0. The Morgan fingerprint density at radius 2 is 1.71 bits per heavy atom. The largest absolute Gasteiger partial charge is 0.465 e. The van der Waals surface area contributed by atoms with Crippen molar-refractivity contribution < 1.29 is 14.3 Å². The topological polar surface area (TPSA) is 67.7 Å². The second-order valence-electron chi connectivity index (χ2n) is 5.72. The Morgan fingerprint density at radius 1 is 1.04 bits per heavy atom. The van der Waals surface area contributed by atoms with Gasteiger partial charge in [-0.25, -0.2) is 4.79 Å². The average molecular weight is 328 g/mol. The number of anilines is 1. The third-order valence-electron chi connectivity index (χ3n) is 4.17. The van der Waals surface area contributed by atoms with Crippen LogP contribution in [0, 0.1) is 0 Å². The summed E-state index contributed by atoms with van der Waals surface area (Å²) >= 11 is 0. The summed E-state index contributed by atoms with van der Waals surface area (Å²) in [6, 6.07) is 7.33. The lowest BCUT2D eigenvalue weighted by molar-refractivity contribution is 0.0600. The van der Waals surface area contributed by atoms with Crippen LogP contribution in [0.15, 0.2) is 36.7 Å². The molecule has 0 unspecified atom stereocenters. The number of piperazine rings is 1. The first-order valence-corrected chi connectivity index (χ1v) is 7.80. The summed E-state index contributed by atoms with van der Waals surface area (Å²) < 4.78 is 6.33. The van der Waals surface area contributed by atoms with Crippen LogP contribution in [0.25, 0.3) is 0 Å². The Hall–Kier alpha value is -2.83. The summed E-state index contributed by atoms with van der Waals surface area (Å²) in [5.74, 6) is -0.322. The highest BCUT2D eigenvalue weighted by atomic mass is 16.5. The minimum atomic E-state index is -0.339. The predicted molar refractivity (Wildman–Crippen MR) is 89.1 cm³/mol. The molecule has 0 radical (unpaired) electrons. The van der Waals surface area contributed by atoms with E-state index in [0.717, 1.165) is 18.8 Å². The molecule has 7 heteroatoms. The van der Waals surface area contributed by atoms with Gasteiger partial charge in [-0.15, -0.1) is 0 Å². The number of benzene rings is 1. The molecule has 0 saturated carbocycles. The standard InChI is InChI=1S/C17H20N4O3/c1-19-12-14(11-18-19)16(22)21-9-7-20(8-10-21)15-5-3-13(4-6-15)17(23)24-2/h3-6,11-12H,7-10H2,1-2H3. The molecule has 1 aliphatic rings. The first-order valence-electron chi connectivity index (χ1n) is 7.80. The van der Waals surface area contributed by atoms with Crippen LogP contribution in [0.5, 0.6) is 0 Å². The van der Waals surface area contributed by atoms with Crippen molar-refractivity contribution >= 4 is 17.6 Å². The quantitative estimate of drug-likeness (QED) is 0.791. The second-order valence-corrected chi connectivity index (χ2v) is 5.72. The number of hydrogen-bond acceptors (Lipinski definition) is 5. The number of amides is 1. The number of aryl methyl sites for hydroxylation is 1. The Bertz CT molecular complexity index is 731. The normalized spacial score (nSPS) is 14.6. The number of carbonyl (C=O) groups excluding carboxylic acids is 2. The van der Waals surface area contributed by atoms with Crippen LogP contribution in [-0.2, 0) is 11.8 Å². The van der Waals surface area contributed by atoms with Gasteiger partial charge in [0.1, 0.15) is 0 Å². The fraction of sp³-hybridized carbons (Fsp3) is 0.353. The molecule has 1 aromatic heterocycles. The number of hydrogen-bond donors (Lipinski definition) is 0. The van der Waals surface area contributed by atoms with Crippen LogP contribution < -0.4 is 4.90 Å². The average Bonchev–Trinajstić information content (AvgIpc) is 3.07. The molecular weight excluding hydrogens is 308 g/mol. The van der Waals surface area contributed by atoms with Crippen LogP contribution in [0.1, 0.15) is 20.7 Å². The Kier molecular flexibility index (Phi) is 4.50. The fourth-order valence-electron chi connectivity index (χ4n) is 2.81. The van der Waals surface area contributed by atoms with E-state index in [2.05, 4.69) is 10.00 Å². The molecule has 0 atom stereocenters. The summed E-state index contributed by atoms with van der Waals surface area (Å²) in [4.78, 5) is 27.9. The smallest absolute Gasteiger partial charge is 0.337 e. The SMILES string of the molecule is COC(=O)c1ccc(N2CCN(C(=O)c3cnn(C)c3)CC2)cc1. The minimum absolute atomic E-state index is 0.0174. The third-order valence-corrected chi connectivity index (χ3v) is 4.17. The summed E-state index contributed by atoms with van der Waals surface area (Å²) in [5.41, 5.74) is 2.19. The number of esters is 1. The van der Waals surface area contributed by atoms with Crippen LogP contribution >= 0.6 is 0 Å². The third kappa shape index (κ3) is 3.24. The van der Waals surface area contributed by atoms with Gasteiger partial charge in [0.15, 0.2) is 0 Å². The van der Waals surface area contributed by atoms with Gasteiger partial charge >= 0.3 is 5.97 Å². The van der Waals surface area contributed by atoms with E-state index in [9.17, 15) is 9.59 Å². The zero-order valence-corrected chi connectivity index (χ0v) is 13.8. The molecule has 1 aromatic carbocycles. The minimum Gasteiger partial charge on any atom is -0.465 e. The molecule has 3 rings (SSSR count). The number of ether oxygens (including phenoxy) is 1. The lowest BCUT2D eigenvalue weighted by Gasteiger charge is -2.36. The lowest BCUT2D eigenvalue weighted by Crippen LogP contribution is -2.48. The van der Waals surface area contributed by atoms with Crippen molar-refractivity contribution in [3.63, 3.8) is 0 Å². The van der Waals surface area contributed by atoms with Crippen LogP contribution in [0.4, 0.5) is 5.69 Å². The maximum absolute atomic E-state index is 12.4. The van der Waals surface area contributed by atoms with Gasteiger partial charge in [-0.3, -0.25) is 9.48 Å². The van der Waals surface area contributed by atoms with Crippen molar-refractivity contribution in [2.45, 2.75) is 0 Å². The summed E-state index contributed by atoms with van der Waals surface area (Å²) in [7, 11) is 3.17. The lowest BCUT2D eigenvalue weighted by atomic mass is 10.1. The number of carbonyl (C=O) groups is 2. The van der Waals surface area contributed by atoms with Gasteiger partial charge < -0.3 is 14.5 Å². The molecule has 1 saturated heterocycles. The molecular formula is C17H20N4O3. The highest BCUT2D eigenvalue weighted by molar-refractivity contribution is 5.94. The molecule has 0 aliphatic carbocycles. The number of methoxy groups -OCH3 is 1. The van der Waals surface area contributed by atoms with Gasteiger partial charge in [-0.2, -0.15) is 5.10 Å². The van der Waals surface area contributed by atoms with E-state index in [1.165, 1.54) is 7.11 Å². The van der Waals surface area contributed by atoms with Crippen molar-refractivity contribution in [2.24, 2.45) is 7.05 Å². The molecule has 2 heterocycles. The van der Waals surface area contributed by atoms with Crippen molar-refractivity contribution in [3.8, 4) is 0 Å². The van der Waals surface area contributed by atoms with Crippen molar-refractivity contribution in [2.75, 3.05) is 38.2 Å². The van der Waals surface area contributed by atoms with Crippen molar-refractivity contribution in [3.05, 3.63) is 47.8 Å². The predicted octanol–water partition coefficient (Wildman–Crippen LogP) is 1.17. The second kappa shape index (κ2) is 6.74. The molecule has 1 aliphatic heterocycles.